The summed E-state index contributed by atoms with van der Waals surface area (Å²) in [6, 6.07) is 14.6. The topological polar surface area (TPSA) is 45.5 Å². The summed E-state index contributed by atoms with van der Waals surface area (Å²) in [5.74, 6) is 0.671. The van der Waals surface area contributed by atoms with Crippen LogP contribution in [0.1, 0.15) is 12.0 Å². The number of aryl methyl sites for hydroxylation is 1. The van der Waals surface area contributed by atoms with E-state index in [1.165, 1.54) is 17.7 Å². The van der Waals surface area contributed by atoms with Gasteiger partial charge in [-0.05, 0) is 48.4 Å². The maximum atomic E-state index is 13.1. The van der Waals surface area contributed by atoms with Crippen molar-refractivity contribution < 1.29 is 18.6 Å². The van der Waals surface area contributed by atoms with Crippen molar-refractivity contribution in [3.63, 3.8) is 0 Å². The highest BCUT2D eigenvalue weighted by atomic mass is 32.2. The van der Waals surface area contributed by atoms with Gasteiger partial charge in [0.2, 0.25) is 0 Å². The summed E-state index contributed by atoms with van der Waals surface area (Å²) in [4.78, 5) is 5.16. The molecule has 0 bridgehead atoms. The lowest BCUT2D eigenvalue weighted by Gasteiger charge is -2.28. The van der Waals surface area contributed by atoms with E-state index in [4.69, 9.17) is 14.2 Å². The first-order valence-corrected chi connectivity index (χ1v) is 10.9. The lowest BCUT2D eigenvalue weighted by atomic mass is 10.0. The number of rotatable bonds is 9. The van der Waals surface area contributed by atoms with E-state index in [0.717, 1.165) is 29.2 Å². The molecule has 1 aromatic heterocycles. The van der Waals surface area contributed by atoms with Crippen LogP contribution in [0.25, 0.3) is 0 Å². The summed E-state index contributed by atoms with van der Waals surface area (Å²) in [6.45, 7) is 1.12. The molecule has 158 valence electrons. The quantitative estimate of drug-likeness (QED) is 0.467. The fourth-order valence-electron chi connectivity index (χ4n) is 3.50. The number of methoxy groups -OCH3 is 1. The Morgan fingerprint density at radius 2 is 2.00 bits per heavy atom. The van der Waals surface area contributed by atoms with Gasteiger partial charge in [-0.2, -0.15) is 0 Å². The molecule has 2 aromatic carbocycles. The smallest absolute Gasteiger partial charge is 0.187 e. The SMILES string of the molecule is COc1ccc(CCC2(Cn3ccnc3)OCC(CSc3ccc(F)cc3)O2)cc1. The normalized spacial score (nSPS) is 21.1. The predicted molar refractivity (Wildman–Crippen MR) is 114 cm³/mol. The monoisotopic (exact) mass is 428 g/mol. The van der Waals surface area contributed by atoms with E-state index in [1.54, 1.807) is 43.5 Å². The molecule has 1 aliphatic rings. The Morgan fingerprint density at radius 1 is 1.20 bits per heavy atom. The van der Waals surface area contributed by atoms with Crippen LogP contribution < -0.4 is 4.74 Å². The first-order chi connectivity index (χ1) is 14.6. The van der Waals surface area contributed by atoms with Crippen LogP contribution >= 0.6 is 11.8 Å². The number of imidazole rings is 1. The molecule has 0 amide bonds. The van der Waals surface area contributed by atoms with Crippen LogP contribution in [-0.2, 0) is 22.4 Å². The zero-order valence-corrected chi connectivity index (χ0v) is 17.7. The molecular formula is C23H25FN2O3S. The summed E-state index contributed by atoms with van der Waals surface area (Å²) in [6.07, 6.45) is 6.99. The Balaban J connectivity index is 1.39. The van der Waals surface area contributed by atoms with Gasteiger partial charge in [-0.25, -0.2) is 9.37 Å². The van der Waals surface area contributed by atoms with Crippen LogP contribution in [0.5, 0.6) is 5.75 Å². The minimum absolute atomic E-state index is 0.0283. The van der Waals surface area contributed by atoms with Crippen LogP contribution in [-0.4, -0.2) is 40.9 Å². The van der Waals surface area contributed by atoms with Gasteiger partial charge < -0.3 is 18.8 Å². The molecule has 5 nitrogen and oxygen atoms in total. The standard InChI is InChI=1S/C23H25FN2O3S/c1-27-20-6-2-18(3-7-20)10-11-23(16-26-13-12-25-17-26)28-14-21(29-23)15-30-22-8-4-19(24)5-9-22/h2-9,12-13,17,21H,10-11,14-16H2,1H3. The molecule has 0 saturated carbocycles. The number of hydrogen-bond donors (Lipinski definition) is 0. The van der Waals surface area contributed by atoms with E-state index in [9.17, 15) is 4.39 Å². The molecular weight excluding hydrogens is 403 g/mol. The van der Waals surface area contributed by atoms with E-state index in [1.807, 2.05) is 22.9 Å². The Kier molecular flexibility index (Phi) is 6.72. The van der Waals surface area contributed by atoms with Crippen LogP contribution in [0.2, 0.25) is 0 Å². The van der Waals surface area contributed by atoms with Crippen molar-refractivity contribution in [2.75, 3.05) is 19.5 Å². The van der Waals surface area contributed by atoms with Crippen LogP contribution in [0.3, 0.4) is 0 Å². The van der Waals surface area contributed by atoms with Gasteiger partial charge in [-0.15, -0.1) is 11.8 Å². The van der Waals surface area contributed by atoms with Gasteiger partial charge in [0.05, 0.1) is 32.7 Å². The molecule has 0 radical (unpaired) electrons. The highest BCUT2D eigenvalue weighted by molar-refractivity contribution is 7.99. The van der Waals surface area contributed by atoms with E-state index in [2.05, 4.69) is 17.1 Å². The second kappa shape index (κ2) is 9.64. The second-order valence-electron chi connectivity index (χ2n) is 7.31. The highest BCUT2D eigenvalue weighted by Gasteiger charge is 2.41. The van der Waals surface area contributed by atoms with E-state index < -0.39 is 5.79 Å². The molecule has 30 heavy (non-hydrogen) atoms. The molecule has 4 rings (SSSR count). The third-order valence-corrected chi connectivity index (χ3v) is 6.24. The van der Waals surface area contributed by atoms with Gasteiger partial charge in [-0.1, -0.05) is 12.1 Å². The summed E-state index contributed by atoms with van der Waals surface area (Å²) in [5, 5.41) is 0. The third-order valence-electron chi connectivity index (χ3n) is 5.10. The molecule has 0 aliphatic carbocycles. The summed E-state index contributed by atoms with van der Waals surface area (Å²) >= 11 is 1.65. The van der Waals surface area contributed by atoms with Crippen LogP contribution in [0.15, 0.2) is 72.1 Å². The van der Waals surface area contributed by atoms with Gasteiger partial charge in [0, 0.05) is 29.5 Å². The molecule has 1 fully saturated rings. The van der Waals surface area contributed by atoms with Crippen molar-refractivity contribution in [2.24, 2.45) is 0 Å². The summed E-state index contributed by atoms with van der Waals surface area (Å²) < 4.78 is 33.0. The molecule has 0 spiro atoms. The predicted octanol–water partition coefficient (Wildman–Crippen LogP) is 4.57. The lowest BCUT2D eigenvalue weighted by molar-refractivity contribution is -0.180. The fraction of sp³-hybridized carbons (Fsp3) is 0.348. The molecule has 1 aliphatic heterocycles. The van der Waals surface area contributed by atoms with Gasteiger partial charge in [-0.3, -0.25) is 0 Å². The van der Waals surface area contributed by atoms with E-state index in [0.29, 0.717) is 13.2 Å². The third kappa shape index (κ3) is 5.41. The van der Waals surface area contributed by atoms with Crippen LogP contribution in [0, 0.1) is 5.82 Å². The molecule has 3 aromatic rings. The zero-order valence-electron chi connectivity index (χ0n) is 16.9. The van der Waals surface area contributed by atoms with Crippen molar-refractivity contribution in [2.45, 2.75) is 36.2 Å². The van der Waals surface area contributed by atoms with Crippen molar-refractivity contribution >= 4 is 11.8 Å². The number of thioether (sulfide) groups is 1. The number of halogens is 1. The van der Waals surface area contributed by atoms with Crippen molar-refractivity contribution in [1.82, 2.24) is 9.55 Å². The highest BCUT2D eigenvalue weighted by Crippen LogP contribution is 2.33. The Labute approximate surface area is 180 Å². The number of nitrogens with zero attached hydrogens (tertiary/aromatic N) is 2. The molecule has 2 heterocycles. The van der Waals surface area contributed by atoms with Crippen molar-refractivity contribution in [3.8, 4) is 5.75 Å². The number of ether oxygens (including phenoxy) is 3. The second-order valence-corrected chi connectivity index (χ2v) is 8.40. The first kappa shape index (κ1) is 20.9. The largest absolute Gasteiger partial charge is 0.497 e. The molecule has 0 N–H and O–H groups in total. The van der Waals surface area contributed by atoms with E-state index in [-0.39, 0.29) is 11.9 Å². The molecule has 2 unspecified atom stereocenters. The fourth-order valence-corrected chi connectivity index (χ4v) is 4.37. The summed E-state index contributed by atoms with van der Waals surface area (Å²) in [7, 11) is 1.67. The maximum Gasteiger partial charge on any atom is 0.187 e. The van der Waals surface area contributed by atoms with Crippen molar-refractivity contribution in [1.29, 1.82) is 0 Å². The zero-order chi connectivity index (χ0) is 20.8. The molecule has 7 heteroatoms. The Bertz CT molecular complexity index is 919. The Hall–Kier alpha value is -2.35. The van der Waals surface area contributed by atoms with Gasteiger partial charge >= 0.3 is 0 Å². The van der Waals surface area contributed by atoms with Gasteiger partial charge in [0.15, 0.2) is 5.79 Å². The number of aromatic nitrogens is 2. The van der Waals surface area contributed by atoms with Gasteiger partial charge in [0.25, 0.3) is 0 Å². The number of benzene rings is 2. The van der Waals surface area contributed by atoms with Crippen LogP contribution in [0.4, 0.5) is 4.39 Å². The average molecular weight is 429 g/mol. The number of hydrogen-bond acceptors (Lipinski definition) is 5. The Morgan fingerprint density at radius 3 is 2.70 bits per heavy atom. The van der Waals surface area contributed by atoms with Gasteiger partial charge in [0.1, 0.15) is 11.6 Å². The minimum atomic E-state index is -0.700. The molecule has 2 atom stereocenters. The van der Waals surface area contributed by atoms with Crippen molar-refractivity contribution in [3.05, 3.63) is 78.6 Å². The minimum Gasteiger partial charge on any atom is -0.497 e. The maximum absolute atomic E-state index is 13.1. The summed E-state index contributed by atoms with van der Waals surface area (Å²) in [5.41, 5.74) is 1.21. The average Bonchev–Trinajstić information content (AvgIpc) is 3.43. The molecule has 1 saturated heterocycles. The lowest BCUT2D eigenvalue weighted by Crippen LogP contribution is -2.37. The first-order valence-electron chi connectivity index (χ1n) is 9.93. The van der Waals surface area contributed by atoms with E-state index >= 15 is 0 Å².